The van der Waals surface area contributed by atoms with Gasteiger partial charge in [-0.25, -0.2) is 0 Å². The standard InChI is InChI=1S/C14H17NOS/c1-10-9-12(16-3)6-7-13(10)15-11(2)14-5-4-8-17-14/h4-9,11,15H,1-3H3. The molecular formula is C14H17NOS. The van der Waals surface area contributed by atoms with Gasteiger partial charge in [-0.3, -0.25) is 0 Å². The number of ether oxygens (including phenoxy) is 1. The Hall–Kier alpha value is -1.48. The van der Waals surface area contributed by atoms with Gasteiger partial charge in [0.25, 0.3) is 0 Å². The third-order valence-corrected chi connectivity index (χ3v) is 3.83. The van der Waals surface area contributed by atoms with Crippen LogP contribution in [0.3, 0.4) is 0 Å². The number of rotatable bonds is 4. The van der Waals surface area contributed by atoms with Crippen molar-refractivity contribution in [3.63, 3.8) is 0 Å². The van der Waals surface area contributed by atoms with E-state index in [1.54, 1.807) is 18.4 Å². The monoisotopic (exact) mass is 247 g/mol. The average Bonchev–Trinajstić information content (AvgIpc) is 2.85. The van der Waals surface area contributed by atoms with E-state index in [1.807, 2.05) is 12.1 Å². The molecule has 1 aromatic heterocycles. The topological polar surface area (TPSA) is 21.3 Å². The Morgan fingerprint density at radius 2 is 2.12 bits per heavy atom. The predicted octanol–water partition coefficient (Wildman–Crippen LogP) is 4.24. The molecule has 17 heavy (non-hydrogen) atoms. The van der Waals surface area contributed by atoms with Gasteiger partial charge in [0.15, 0.2) is 0 Å². The lowest BCUT2D eigenvalue weighted by Gasteiger charge is -2.16. The van der Waals surface area contributed by atoms with E-state index in [9.17, 15) is 0 Å². The second-order valence-electron chi connectivity index (χ2n) is 4.06. The summed E-state index contributed by atoms with van der Waals surface area (Å²) in [4.78, 5) is 1.35. The van der Waals surface area contributed by atoms with E-state index in [0.717, 1.165) is 11.4 Å². The van der Waals surface area contributed by atoms with Crippen LogP contribution in [0.25, 0.3) is 0 Å². The fourth-order valence-electron chi connectivity index (χ4n) is 1.77. The Bertz CT molecular complexity index is 479. The molecule has 0 bridgehead atoms. The fourth-order valence-corrected chi connectivity index (χ4v) is 2.50. The van der Waals surface area contributed by atoms with E-state index in [0.29, 0.717) is 6.04 Å². The first-order valence-corrected chi connectivity index (χ1v) is 6.53. The second kappa shape index (κ2) is 5.23. The van der Waals surface area contributed by atoms with Gasteiger partial charge in [-0.2, -0.15) is 0 Å². The molecule has 1 heterocycles. The van der Waals surface area contributed by atoms with Crippen LogP contribution in [0.5, 0.6) is 5.75 Å². The summed E-state index contributed by atoms with van der Waals surface area (Å²) in [5, 5.41) is 5.62. The zero-order valence-corrected chi connectivity index (χ0v) is 11.2. The minimum atomic E-state index is 0.335. The normalized spacial score (nSPS) is 12.2. The van der Waals surface area contributed by atoms with Crippen LogP contribution in [0.4, 0.5) is 5.69 Å². The van der Waals surface area contributed by atoms with Gasteiger partial charge < -0.3 is 10.1 Å². The van der Waals surface area contributed by atoms with Gasteiger partial charge in [0.1, 0.15) is 5.75 Å². The summed E-state index contributed by atoms with van der Waals surface area (Å²) in [6.07, 6.45) is 0. The van der Waals surface area contributed by atoms with Gasteiger partial charge in [-0.15, -0.1) is 11.3 Å². The highest BCUT2D eigenvalue weighted by Gasteiger charge is 2.07. The Balaban J connectivity index is 2.13. The van der Waals surface area contributed by atoms with Crippen LogP contribution in [0.1, 0.15) is 23.4 Å². The maximum Gasteiger partial charge on any atom is 0.119 e. The van der Waals surface area contributed by atoms with E-state index in [2.05, 4.69) is 42.7 Å². The lowest BCUT2D eigenvalue weighted by molar-refractivity contribution is 0.414. The molecule has 0 amide bonds. The third-order valence-electron chi connectivity index (χ3n) is 2.78. The second-order valence-corrected chi connectivity index (χ2v) is 5.04. The quantitative estimate of drug-likeness (QED) is 0.872. The molecule has 1 N–H and O–H groups in total. The Kier molecular flexibility index (Phi) is 3.69. The summed E-state index contributed by atoms with van der Waals surface area (Å²) in [6.45, 7) is 4.27. The molecule has 0 spiro atoms. The first-order chi connectivity index (χ1) is 8.20. The highest BCUT2D eigenvalue weighted by molar-refractivity contribution is 7.10. The molecule has 2 rings (SSSR count). The van der Waals surface area contributed by atoms with Crippen molar-refractivity contribution in [1.29, 1.82) is 0 Å². The number of hydrogen-bond acceptors (Lipinski definition) is 3. The summed E-state index contributed by atoms with van der Waals surface area (Å²) < 4.78 is 5.20. The summed E-state index contributed by atoms with van der Waals surface area (Å²) in [6, 6.07) is 10.7. The minimum absolute atomic E-state index is 0.335. The molecular weight excluding hydrogens is 230 g/mol. The van der Waals surface area contributed by atoms with E-state index in [-0.39, 0.29) is 0 Å². The van der Waals surface area contributed by atoms with E-state index >= 15 is 0 Å². The molecule has 1 atom stereocenters. The van der Waals surface area contributed by atoms with Gasteiger partial charge in [-0.1, -0.05) is 6.07 Å². The number of hydrogen-bond donors (Lipinski definition) is 1. The predicted molar refractivity (Wildman–Crippen MR) is 74.1 cm³/mol. The highest BCUT2D eigenvalue weighted by Crippen LogP contribution is 2.27. The van der Waals surface area contributed by atoms with Gasteiger partial charge in [0, 0.05) is 10.6 Å². The van der Waals surface area contributed by atoms with Crippen LogP contribution in [-0.2, 0) is 0 Å². The molecule has 1 unspecified atom stereocenters. The fraction of sp³-hybridized carbons (Fsp3) is 0.286. The molecule has 0 aliphatic heterocycles. The van der Waals surface area contributed by atoms with Crippen molar-refractivity contribution in [2.75, 3.05) is 12.4 Å². The van der Waals surface area contributed by atoms with E-state index in [4.69, 9.17) is 4.74 Å². The smallest absolute Gasteiger partial charge is 0.119 e. The van der Waals surface area contributed by atoms with Crippen LogP contribution in [0.15, 0.2) is 35.7 Å². The van der Waals surface area contributed by atoms with Crippen LogP contribution in [0.2, 0.25) is 0 Å². The Labute approximate surface area is 106 Å². The molecule has 0 radical (unpaired) electrons. The van der Waals surface area contributed by atoms with Crippen molar-refractivity contribution >= 4 is 17.0 Å². The maximum atomic E-state index is 5.20. The lowest BCUT2D eigenvalue weighted by atomic mass is 10.1. The molecule has 0 saturated heterocycles. The van der Waals surface area contributed by atoms with Crippen molar-refractivity contribution in [2.24, 2.45) is 0 Å². The van der Waals surface area contributed by atoms with Crippen LogP contribution >= 0.6 is 11.3 Å². The van der Waals surface area contributed by atoms with Crippen LogP contribution in [-0.4, -0.2) is 7.11 Å². The average molecular weight is 247 g/mol. The van der Waals surface area contributed by atoms with Gasteiger partial charge in [0.05, 0.1) is 13.2 Å². The number of nitrogens with one attached hydrogen (secondary N) is 1. The molecule has 2 nitrogen and oxygen atoms in total. The first-order valence-electron chi connectivity index (χ1n) is 5.65. The summed E-state index contributed by atoms with van der Waals surface area (Å²) in [5.74, 6) is 0.900. The van der Waals surface area contributed by atoms with Crippen LogP contribution < -0.4 is 10.1 Å². The number of anilines is 1. The van der Waals surface area contributed by atoms with E-state index < -0.39 is 0 Å². The molecule has 0 saturated carbocycles. The summed E-state index contributed by atoms with van der Waals surface area (Å²) >= 11 is 1.78. The molecule has 1 aromatic carbocycles. The summed E-state index contributed by atoms with van der Waals surface area (Å²) in [7, 11) is 1.69. The summed E-state index contributed by atoms with van der Waals surface area (Å²) in [5.41, 5.74) is 2.36. The molecule has 3 heteroatoms. The van der Waals surface area contributed by atoms with Gasteiger partial charge in [-0.05, 0) is 49.1 Å². The molecule has 0 fully saturated rings. The largest absolute Gasteiger partial charge is 0.497 e. The number of methoxy groups -OCH3 is 1. The SMILES string of the molecule is COc1ccc(NC(C)c2cccs2)c(C)c1. The first kappa shape index (κ1) is 12.0. The number of thiophene rings is 1. The van der Waals surface area contributed by atoms with Crippen molar-refractivity contribution in [2.45, 2.75) is 19.9 Å². The van der Waals surface area contributed by atoms with Crippen molar-refractivity contribution in [1.82, 2.24) is 0 Å². The maximum absolute atomic E-state index is 5.20. The van der Waals surface area contributed by atoms with Crippen molar-refractivity contribution in [3.05, 3.63) is 46.2 Å². The molecule has 0 aliphatic rings. The molecule has 2 aromatic rings. The van der Waals surface area contributed by atoms with Crippen molar-refractivity contribution in [3.8, 4) is 5.75 Å². The zero-order valence-electron chi connectivity index (χ0n) is 10.4. The number of aryl methyl sites for hydroxylation is 1. The Morgan fingerprint density at radius 3 is 2.71 bits per heavy atom. The van der Waals surface area contributed by atoms with Crippen molar-refractivity contribution < 1.29 is 4.74 Å². The van der Waals surface area contributed by atoms with Crippen LogP contribution in [0, 0.1) is 6.92 Å². The molecule has 90 valence electrons. The lowest BCUT2D eigenvalue weighted by Crippen LogP contribution is -2.06. The van der Waals surface area contributed by atoms with E-state index in [1.165, 1.54) is 10.4 Å². The molecule has 0 aliphatic carbocycles. The number of benzene rings is 1. The third kappa shape index (κ3) is 2.80. The Morgan fingerprint density at radius 1 is 1.29 bits per heavy atom. The zero-order chi connectivity index (χ0) is 12.3. The highest BCUT2D eigenvalue weighted by atomic mass is 32.1. The van der Waals surface area contributed by atoms with Gasteiger partial charge >= 0.3 is 0 Å². The minimum Gasteiger partial charge on any atom is -0.497 e. The van der Waals surface area contributed by atoms with Gasteiger partial charge in [0.2, 0.25) is 0 Å².